The van der Waals surface area contributed by atoms with Crippen LogP contribution in [0.1, 0.15) is 26.2 Å². The highest BCUT2D eigenvalue weighted by Gasteiger charge is 2.36. The van der Waals surface area contributed by atoms with Gasteiger partial charge in [0.05, 0.1) is 13.0 Å². The second-order valence-corrected chi connectivity index (χ2v) is 3.76. The summed E-state index contributed by atoms with van der Waals surface area (Å²) in [6, 6.07) is 0. The Morgan fingerprint density at radius 3 is 2.69 bits per heavy atom. The molecule has 3 heteroatoms. The van der Waals surface area contributed by atoms with E-state index in [0.29, 0.717) is 0 Å². The minimum atomic E-state index is -0.232. The predicted molar refractivity (Wildman–Crippen MR) is 48.1 cm³/mol. The number of hydrogen-bond donors (Lipinski definition) is 0. The summed E-state index contributed by atoms with van der Waals surface area (Å²) in [7, 11) is 1.38. The molecule has 0 aromatic heterocycles. The van der Waals surface area contributed by atoms with Crippen molar-refractivity contribution in [1.29, 1.82) is 0 Å². The summed E-state index contributed by atoms with van der Waals surface area (Å²) in [5, 5.41) is 0. The summed E-state index contributed by atoms with van der Waals surface area (Å²) in [4.78, 5) is 22.1. The highest BCUT2D eigenvalue weighted by molar-refractivity contribution is 5.77. The van der Waals surface area contributed by atoms with E-state index in [4.69, 9.17) is 4.74 Å². The van der Waals surface area contributed by atoms with Gasteiger partial charge in [-0.2, -0.15) is 0 Å². The lowest BCUT2D eigenvalue weighted by Gasteiger charge is -2.31. The standard InChI is InChI=1S/C10H16O3/c1-7-4-3-5-8(6-11)9(7)10(12)13-2/h6-9H,3-5H2,1-2H3. The van der Waals surface area contributed by atoms with E-state index in [1.54, 1.807) is 0 Å². The van der Waals surface area contributed by atoms with E-state index in [-0.39, 0.29) is 23.7 Å². The molecule has 0 saturated heterocycles. The summed E-state index contributed by atoms with van der Waals surface area (Å²) in [5.41, 5.74) is 0. The molecule has 74 valence electrons. The average Bonchev–Trinajstić information content (AvgIpc) is 2.16. The molecule has 0 aromatic carbocycles. The Hall–Kier alpha value is -0.860. The fraction of sp³-hybridized carbons (Fsp3) is 0.800. The zero-order chi connectivity index (χ0) is 9.84. The molecule has 0 heterocycles. The maximum Gasteiger partial charge on any atom is 0.309 e. The highest BCUT2D eigenvalue weighted by atomic mass is 16.5. The third-order valence-electron chi connectivity index (χ3n) is 2.92. The number of carbonyl (C=O) groups excluding carboxylic acids is 2. The van der Waals surface area contributed by atoms with Crippen LogP contribution in [-0.4, -0.2) is 19.4 Å². The zero-order valence-electron chi connectivity index (χ0n) is 8.16. The molecule has 0 spiro atoms. The molecule has 1 aliphatic carbocycles. The van der Waals surface area contributed by atoms with Crippen LogP contribution in [0.3, 0.4) is 0 Å². The summed E-state index contributed by atoms with van der Waals surface area (Å²) in [5.74, 6) is -0.298. The van der Waals surface area contributed by atoms with Crippen molar-refractivity contribution in [2.75, 3.05) is 7.11 Å². The Labute approximate surface area is 78.5 Å². The molecule has 0 bridgehead atoms. The van der Waals surface area contributed by atoms with Crippen molar-refractivity contribution in [3.05, 3.63) is 0 Å². The van der Waals surface area contributed by atoms with Crippen molar-refractivity contribution in [3.8, 4) is 0 Å². The van der Waals surface area contributed by atoms with Gasteiger partial charge in [0.1, 0.15) is 6.29 Å². The van der Waals surface area contributed by atoms with Crippen molar-refractivity contribution in [2.24, 2.45) is 17.8 Å². The Balaban J connectivity index is 2.72. The van der Waals surface area contributed by atoms with E-state index in [1.165, 1.54) is 7.11 Å². The predicted octanol–water partition coefficient (Wildman–Crippen LogP) is 1.41. The van der Waals surface area contributed by atoms with E-state index in [1.807, 2.05) is 6.92 Å². The molecule has 1 fully saturated rings. The second kappa shape index (κ2) is 4.40. The Bertz CT molecular complexity index is 200. The number of rotatable bonds is 2. The number of methoxy groups -OCH3 is 1. The lowest BCUT2D eigenvalue weighted by Crippen LogP contribution is -2.34. The molecule has 0 radical (unpaired) electrons. The summed E-state index contributed by atoms with van der Waals surface area (Å²) in [6.45, 7) is 2.01. The molecule has 13 heavy (non-hydrogen) atoms. The normalized spacial score (nSPS) is 33.8. The topological polar surface area (TPSA) is 43.4 Å². The van der Waals surface area contributed by atoms with Crippen molar-refractivity contribution in [3.63, 3.8) is 0 Å². The van der Waals surface area contributed by atoms with Crippen molar-refractivity contribution in [2.45, 2.75) is 26.2 Å². The van der Waals surface area contributed by atoms with Gasteiger partial charge in [-0.1, -0.05) is 13.3 Å². The quantitative estimate of drug-likeness (QED) is 0.481. The molecule has 1 aliphatic rings. The van der Waals surface area contributed by atoms with Crippen LogP contribution in [0.15, 0.2) is 0 Å². The average molecular weight is 184 g/mol. The first kappa shape index (κ1) is 10.2. The van der Waals surface area contributed by atoms with Gasteiger partial charge in [-0.25, -0.2) is 0 Å². The lowest BCUT2D eigenvalue weighted by atomic mass is 9.73. The van der Waals surface area contributed by atoms with Crippen LogP contribution < -0.4 is 0 Å². The monoisotopic (exact) mass is 184 g/mol. The zero-order valence-corrected chi connectivity index (χ0v) is 8.16. The molecule has 0 amide bonds. The number of carbonyl (C=O) groups is 2. The minimum absolute atomic E-state index is 0.129. The molecular formula is C10H16O3. The molecule has 1 rings (SSSR count). The third kappa shape index (κ3) is 2.08. The summed E-state index contributed by atoms with van der Waals surface area (Å²) in [6.07, 6.45) is 3.78. The van der Waals surface area contributed by atoms with Crippen LogP contribution in [0.5, 0.6) is 0 Å². The van der Waals surface area contributed by atoms with Crippen LogP contribution in [0.4, 0.5) is 0 Å². The van der Waals surface area contributed by atoms with E-state index in [9.17, 15) is 9.59 Å². The van der Waals surface area contributed by atoms with Gasteiger partial charge >= 0.3 is 5.97 Å². The van der Waals surface area contributed by atoms with Crippen LogP contribution >= 0.6 is 0 Å². The van der Waals surface area contributed by atoms with E-state index in [2.05, 4.69) is 0 Å². The maximum atomic E-state index is 11.4. The van der Waals surface area contributed by atoms with Crippen molar-refractivity contribution in [1.82, 2.24) is 0 Å². The first-order valence-corrected chi connectivity index (χ1v) is 4.73. The molecule has 3 unspecified atom stereocenters. The Morgan fingerprint density at radius 2 is 2.15 bits per heavy atom. The molecular weight excluding hydrogens is 168 g/mol. The number of hydrogen-bond acceptors (Lipinski definition) is 3. The van der Waals surface area contributed by atoms with Crippen molar-refractivity contribution < 1.29 is 14.3 Å². The smallest absolute Gasteiger partial charge is 0.309 e. The van der Waals surface area contributed by atoms with Gasteiger partial charge in [-0.15, -0.1) is 0 Å². The van der Waals surface area contributed by atoms with Crippen LogP contribution in [-0.2, 0) is 14.3 Å². The van der Waals surface area contributed by atoms with Gasteiger partial charge < -0.3 is 9.53 Å². The molecule has 3 atom stereocenters. The van der Waals surface area contributed by atoms with Gasteiger partial charge in [0.25, 0.3) is 0 Å². The molecule has 1 saturated carbocycles. The maximum absolute atomic E-state index is 11.4. The van der Waals surface area contributed by atoms with E-state index >= 15 is 0 Å². The molecule has 0 aliphatic heterocycles. The Kier molecular flexibility index (Phi) is 3.46. The van der Waals surface area contributed by atoms with Crippen LogP contribution in [0, 0.1) is 17.8 Å². The van der Waals surface area contributed by atoms with Crippen LogP contribution in [0.25, 0.3) is 0 Å². The molecule has 0 aromatic rings. The van der Waals surface area contributed by atoms with Gasteiger partial charge in [0.15, 0.2) is 0 Å². The van der Waals surface area contributed by atoms with E-state index < -0.39 is 0 Å². The Morgan fingerprint density at radius 1 is 1.46 bits per heavy atom. The summed E-state index contributed by atoms with van der Waals surface area (Å²) >= 11 is 0. The third-order valence-corrected chi connectivity index (χ3v) is 2.92. The largest absolute Gasteiger partial charge is 0.469 e. The first-order valence-electron chi connectivity index (χ1n) is 4.73. The highest BCUT2D eigenvalue weighted by Crippen LogP contribution is 2.34. The van der Waals surface area contributed by atoms with Crippen LogP contribution in [0.2, 0.25) is 0 Å². The molecule has 3 nitrogen and oxygen atoms in total. The summed E-state index contributed by atoms with van der Waals surface area (Å²) < 4.78 is 4.69. The first-order chi connectivity index (χ1) is 6.20. The SMILES string of the molecule is COC(=O)C1C(C)CCCC1C=O. The van der Waals surface area contributed by atoms with Crippen molar-refractivity contribution >= 4 is 12.3 Å². The van der Waals surface area contributed by atoms with Gasteiger partial charge in [-0.3, -0.25) is 4.79 Å². The number of esters is 1. The number of aldehydes is 1. The lowest BCUT2D eigenvalue weighted by molar-refractivity contribution is -0.152. The van der Waals surface area contributed by atoms with Gasteiger partial charge in [0, 0.05) is 5.92 Å². The second-order valence-electron chi connectivity index (χ2n) is 3.76. The minimum Gasteiger partial charge on any atom is -0.469 e. The molecule has 0 N–H and O–H groups in total. The van der Waals surface area contributed by atoms with E-state index in [0.717, 1.165) is 25.5 Å². The number of ether oxygens (including phenoxy) is 1. The fourth-order valence-electron chi connectivity index (χ4n) is 2.15. The van der Waals surface area contributed by atoms with Gasteiger partial charge in [0.2, 0.25) is 0 Å². The fourth-order valence-corrected chi connectivity index (χ4v) is 2.15. The van der Waals surface area contributed by atoms with Gasteiger partial charge in [-0.05, 0) is 18.8 Å².